The number of amides is 1. The van der Waals surface area contributed by atoms with Crippen molar-refractivity contribution in [3.05, 3.63) is 57.4 Å². The summed E-state index contributed by atoms with van der Waals surface area (Å²) in [7, 11) is 0. The molecule has 1 unspecified atom stereocenters. The standard InChI is InChI=1S/C22H21N3O5S2/c1-3-30-21(29)17-14-9-8-12-6-4-5-7-13(12)18(14)32-20(17)25-19(28)11(2)31-22-23-15(26)10-16(27)24-22/h4-7,10-11H,3,8-9H2,1-2H3,(H,25,28)(H2,23,24,26,27). The number of anilines is 1. The molecule has 0 radical (unpaired) electrons. The number of nitrogens with zero attached hydrogens (tertiary/aromatic N) is 1. The number of aromatic hydroxyl groups is 1. The number of thiophene rings is 1. The fraction of sp³-hybridized carbons (Fsp3) is 0.273. The lowest BCUT2D eigenvalue weighted by Gasteiger charge is -2.16. The first-order chi connectivity index (χ1) is 15.4. The molecule has 32 heavy (non-hydrogen) atoms. The molecule has 1 aliphatic carbocycles. The van der Waals surface area contributed by atoms with Gasteiger partial charge in [-0.1, -0.05) is 36.0 Å². The van der Waals surface area contributed by atoms with Gasteiger partial charge in [0.05, 0.1) is 23.5 Å². The topological polar surface area (TPSA) is 121 Å². The van der Waals surface area contributed by atoms with Crippen molar-refractivity contribution in [3.8, 4) is 16.3 Å². The van der Waals surface area contributed by atoms with E-state index in [2.05, 4.69) is 21.4 Å². The van der Waals surface area contributed by atoms with E-state index >= 15 is 0 Å². The molecule has 0 bridgehead atoms. The first kappa shape index (κ1) is 22.1. The summed E-state index contributed by atoms with van der Waals surface area (Å²) < 4.78 is 5.28. The van der Waals surface area contributed by atoms with Crippen LogP contribution >= 0.6 is 23.1 Å². The summed E-state index contributed by atoms with van der Waals surface area (Å²) in [5.74, 6) is -1.24. The van der Waals surface area contributed by atoms with Gasteiger partial charge in [0.25, 0.3) is 5.56 Å². The number of H-pyrrole nitrogens is 1. The van der Waals surface area contributed by atoms with E-state index in [1.54, 1.807) is 13.8 Å². The largest absolute Gasteiger partial charge is 0.493 e. The lowest BCUT2D eigenvalue weighted by molar-refractivity contribution is -0.115. The fourth-order valence-corrected chi connectivity index (χ4v) is 5.67. The Hall–Kier alpha value is -3.11. The average molecular weight is 472 g/mol. The van der Waals surface area contributed by atoms with Gasteiger partial charge in [-0.25, -0.2) is 4.79 Å². The third-order valence-corrected chi connectivity index (χ3v) is 7.16. The van der Waals surface area contributed by atoms with Crippen molar-refractivity contribution in [2.24, 2.45) is 0 Å². The molecule has 10 heteroatoms. The molecule has 0 aliphatic heterocycles. The van der Waals surface area contributed by atoms with E-state index in [0.717, 1.165) is 40.3 Å². The number of carbonyl (C=O) groups excluding carboxylic acids is 2. The number of esters is 1. The Labute approximate surface area is 192 Å². The van der Waals surface area contributed by atoms with Crippen molar-refractivity contribution in [3.63, 3.8) is 0 Å². The third kappa shape index (κ3) is 4.42. The molecule has 1 amide bonds. The third-order valence-electron chi connectivity index (χ3n) is 4.99. The van der Waals surface area contributed by atoms with Gasteiger partial charge in [0.15, 0.2) is 5.16 Å². The zero-order chi connectivity index (χ0) is 22.8. The van der Waals surface area contributed by atoms with E-state index < -0.39 is 22.7 Å². The number of hydrogen-bond acceptors (Lipinski definition) is 8. The van der Waals surface area contributed by atoms with Crippen LogP contribution in [0.3, 0.4) is 0 Å². The second-order valence-electron chi connectivity index (χ2n) is 7.15. The first-order valence-electron chi connectivity index (χ1n) is 10.1. The molecule has 166 valence electrons. The van der Waals surface area contributed by atoms with Gasteiger partial charge in [-0.05, 0) is 43.4 Å². The summed E-state index contributed by atoms with van der Waals surface area (Å²) in [6.07, 6.45) is 1.49. The average Bonchev–Trinajstić information content (AvgIpc) is 3.11. The summed E-state index contributed by atoms with van der Waals surface area (Å²) in [4.78, 5) is 44.5. The highest BCUT2D eigenvalue weighted by Crippen LogP contribution is 2.45. The Morgan fingerprint density at radius 1 is 1.34 bits per heavy atom. The normalized spacial score (nSPS) is 13.1. The highest BCUT2D eigenvalue weighted by Gasteiger charge is 2.30. The Kier molecular flexibility index (Phi) is 6.33. The zero-order valence-corrected chi connectivity index (χ0v) is 19.1. The minimum Gasteiger partial charge on any atom is -0.493 e. The number of aryl methyl sites for hydroxylation is 1. The Morgan fingerprint density at radius 3 is 2.88 bits per heavy atom. The van der Waals surface area contributed by atoms with Crippen LogP contribution in [0.2, 0.25) is 0 Å². The molecule has 1 aromatic carbocycles. The number of aromatic nitrogens is 2. The number of nitrogens with one attached hydrogen (secondary N) is 2. The van der Waals surface area contributed by atoms with Crippen LogP contribution in [0.5, 0.6) is 5.88 Å². The fourth-order valence-electron chi connectivity index (χ4n) is 3.56. The summed E-state index contributed by atoms with van der Waals surface area (Å²) in [6.45, 7) is 3.62. The number of carbonyl (C=O) groups is 2. The van der Waals surface area contributed by atoms with Gasteiger partial charge in [-0.3, -0.25) is 9.59 Å². The van der Waals surface area contributed by atoms with Crippen LogP contribution < -0.4 is 10.9 Å². The minimum atomic E-state index is -0.651. The molecule has 2 heterocycles. The first-order valence-corrected chi connectivity index (χ1v) is 11.8. The number of aromatic amines is 1. The molecule has 4 rings (SSSR count). The van der Waals surface area contributed by atoms with Crippen molar-refractivity contribution < 1.29 is 19.4 Å². The highest BCUT2D eigenvalue weighted by molar-refractivity contribution is 8.00. The van der Waals surface area contributed by atoms with Gasteiger partial charge in [-0.2, -0.15) is 4.98 Å². The van der Waals surface area contributed by atoms with Gasteiger partial charge in [0.1, 0.15) is 5.00 Å². The molecule has 0 fully saturated rings. The lowest BCUT2D eigenvalue weighted by atomic mass is 9.89. The van der Waals surface area contributed by atoms with E-state index in [-0.39, 0.29) is 17.7 Å². The van der Waals surface area contributed by atoms with E-state index in [9.17, 15) is 19.5 Å². The van der Waals surface area contributed by atoms with Crippen LogP contribution in [-0.4, -0.2) is 38.8 Å². The van der Waals surface area contributed by atoms with Crippen molar-refractivity contribution in [2.45, 2.75) is 37.1 Å². The summed E-state index contributed by atoms with van der Waals surface area (Å²) >= 11 is 2.36. The van der Waals surface area contributed by atoms with Crippen LogP contribution in [0.15, 0.2) is 40.3 Å². The maximum atomic E-state index is 12.9. The molecular formula is C22H21N3O5S2. The smallest absolute Gasteiger partial charge is 0.341 e. The van der Waals surface area contributed by atoms with Crippen LogP contribution in [0.25, 0.3) is 10.4 Å². The highest BCUT2D eigenvalue weighted by atomic mass is 32.2. The molecule has 0 saturated heterocycles. The predicted octanol–water partition coefficient (Wildman–Crippen LogP) is 3.60. The molecule has 3 aromatic rings. The maximum absolute atomic E-state index is 12.9. The van der Waals surface area contributed by atoms with Crippen molar-refractivity contribution >= 4 is 40.0 Å². The quantitative estimate of drug-likeness (QED) is 0.285. The van der Waals surface area contributed by atoms with Crippen molar-refractivity contribution in [2.75, 3.05) is 11.9 Å². The predicted molar refractivity (Wildman–Crippen MR) is 124 cm³/mol. The molecule has 1 aliphatic rings. The summed E-state index contributed by atoms with van der Waals surface area (Å²) in [6, 6.07) is 8.99. The van der Waals surface area contributed by atoms with Crippen LogP contribution in [0.4, 0.5) is 5.00 Å². The van der Waals surface area contributed by atoms with Crippen LogP contribution in [-0.2, 0) is 22.4 Å². The van der Waals surface area contributed by atoms with Crippen molar-refractivity contribution in [1.82, 2.24) is 9.97 Å². The van der Waals surface area contributed by atoms with E-state index in [4.69, 9.17) is 4.74 Å². The van der Waals surface area contributed by atoms with Gasteiger partial charge in [-0.15, -0.1) is 11.3 Å². The molecule has 3 N–H and O–H groups in total. The minimum absolute atomic E-state index is 0.127. The molecular weight excluding hydrogens is 450 g/mol. The summed E-state index contributed by atoms with van der Waals surface area (Å²) in [5.41, 5.74) is 3.05. The second kappa shape index (κ2) is 9.17. The Morgan fingerprint density at radius 2 is 2.12 bits per heavy atom. The zero-order valence-electron chi connectivity index (χ0n) is 17.4. The van der Waals surface area contributed by atoms with Gasteiger partial charge in [0.2, 0.25) is 11.8 Å². The number of fused-ring (bicyclic) bond motifs is 3. The van der Waals surface area contributed by atoms with Gasteiger partial charge in [0, 0.05) is 4.88 Å². The van der Waals surface area contributed by atoms with E-state index in [1.807, 2.05) is 18.2 Å². The molecule has 1 atom stereocenters. The Bertz CT molecular complexity index is 1250. The van der Waals surface area contributed by atoms with E-state index in [0.29, 0.717) is 17.0 Å². The Balaban J connectivity index is 1.64. The van der Waals surface area contributed by atoms with Gasteiger partial charge < -0.3 is 20.1 Å². The van der Waals surface area contributed by atoms with E-state index in [1.165, 1.54) is 16.9 Å². The molecule has 0 spiro atoms. The summed E-state index contributed by atoms with van der Waals surface area (Å²) in [5, 5.41) is 12.3. The number of thioether (sulfide) groups is 1. The monoisotopic (exact) mass is 471 g/mol. The van der Waals surface area contributed by atoms with Crippen LogP contribution in [0.1, 0.15) is 35.3 Å². The van der Waals surface area contributed by atoms with Crippen molar-refractivity contribution in [1.29, 1.82) is 0 Å². The molecule has 0 saturated carbocycles. The SMILES string of the molecule is CCOC(=O)c1c(NC(=O)C(C)Sc2nc(O)cc(=O)[nH]2)sc2c1CCc1ccccc1-2. The number of rotatable bonds is 6. The van der Waals surface area contributed by atoms with Crippen LogP contribution in [0, 0.1) is 0 Å². The number of benzene rings is 1. The number of ether oxygens (including phenoxy) is 1. The molecule has 2 aromatic heterocycles. The van der Waals surface area contributed by atoms with Gasteiger partial charge >= 0.3 is 5.97 Å². The maximum Gasteiger partial charge on any atom is 0.341 e. The molecule has 8 nitrogen and oxygen atoms in total. The number of hydrogen-bond donors (Lipinski definition) is 3. The second-order valence-corrected chi connectivity index (χ2v) is 9.50. The lowest BCUT2D eigenvalue weighted by Crippen LogP contribution is -2.24.